The number of phenols is 1. The summed E-state index contributed by atoms with van der Waals surface area (Å²) in [4.78, 5) is 10.9. The summed E-state index contributed by atoms with van der Waals surface area (Å²) in [5, 5.41) is 9.99. The third kappa shape index (κ3) is 1.70. The predicted octanol–water partition coefficient (Wildman–Crippen LogP) is 3.18. The van der Waals surface area contributed by atoms with Crippen LogP contribution in [0, 0.1) is 6.92 Å². The molecule has 0 fully saturated rings. The summed E-state index contributed by atoms with van der Waals surface area (Å²) < 4.78 is 0. The molecule has 0 radical (unpaired) electrons. The second-order valence-electron chi connectivity index (χ2n) is 3.68. The Morgan fingerprint density at radius 2 is 1.75 bits per heavy atom. The van der Waals surface area contributed by atoms with Crippen molar-refractivity contribution < 1.29 is 9.90 Å². The van der Waals surface area contributed by atoms with Crippen molar-refractivity contribution in [1.82, 2.24) is 0 Å². The summed E-state index contributed by atoms with van der Waals surface area (Å²) in [5.74, 6) is 0.0567. The molecular weight excluding hydrogens is 200 g/mol. The van der Waals surface area contributed by atoms with Gasteiger partial charge in [-0.1, -0.05) is 42.5 Å². The van der Waals surface area contributed by atoms with Crippen LogP contribution in [0.2, 0.25) is 0 Å². The molecule has 0 bridgehead atoms. The molecule has 0 aliphatic rings. The van der Waals surface area contributed by atoms with Gasteiger partial charge in [-0.25, -0.2) is 0 Å². The fraction of sp³-hybridized carbons (Fsp3) is 0.0714. The zero-order chi connectivity index (χ0) is 11.5. The largest absolute Gasteiger partial charge is 0.507 e. The maximum Gasteiger partial charge on any atom is 0.154 e. The topological polar surface area (TPSA) is 37.3 Å². The van der Waals surface area contributed by atoms with Gasteiger partial charge in [0, 0.05) is 5.56 Å². The van der Waals surface area contributed by atoms with E-state index >= 15 is 0 Å². The molecule has 2 heteroatoms. The highest BCUT2D eigenvalue weighted by atomic mass is 16.3. The van der Waals surface area contributed by atoms with Gasteiger partial charge in [-0.15, -0.1) is 0 Å². The van der Waals surface area contributed by atoms with Crippen LogP contribution < -0.4 is 0 Å². The number of carbonyl (C=O) groups excluding carboxylic acids is 1. The molecule has 0 amide bonds. The lowest BCUT2D eigenvalue weighted by atomic mass is 9.99. The van der Waals surface area contributed by atoms with Crippen molar-refractivity contribution in [3.8, 4) is 16.9 Å². The molecule has 0 spiro atoms. The molecule has 0 saturated heterocycles. The number of benzene rings is 2. The Labute approximate surface area is 94.2 Å². The Morgan fingerprint density at radius 3 is 2.38 bits per heavy atom. The number of aromatic hydroxyl groups is 1. The van der Waals surface area contributed by atoms with Gasteiger partial charge in [-0.3, -0.25) is 4.79 Å². The highest BCUT2D eigenvalue weighted by Gasteiger charge is 2.10. The molecule has 2 aromatic rings. The summed E-state index contributed by atoms with van der Waals surface area (Å²) in [6.45, 7) is 1.80. The van der Waals surface area contributed by atoms with Gasteiger partial charge >= 0.3 is 0 Å². The van der Waals surface area contributed by atoms with Gasteiger partial charge in [-0.2, -0.15) is 0 Å². The molecule has 16 heavy (non-hydrogen) atoms. The summed E-state index contributed by atoms with van der Waals surface area (Å²) in [6, 6.07) is 13.2. The van der Waals surface area contributed by atoms with E-state index in [0.29, 0.717) is 17.4 Å². The van der Waals surface area contributed by atoms with Crippen molar-refractivity contribution in [2.24, 2.45) is 0 Å². The smallest absolute Gasteiger partial charge is 0.154 e. The Morgan fingerprint density at radius 1 is 1.06 bits per heavy atom. The van der Waals surface area contributed by atoms with Crippen LogP contribution in [0.4, 0.5) is 0 Å². The number of hydrogen-bond acceptors (Lipinski definition) is 2. The zero-order valence-electron chi connectivity index (χ0n) is 8.97. The summed E-state index contributed by atoms with van der Waals surface area (Å²) >= 11 is 0. The van der Waals surface area contributed by atoms with Crippen LogP contribution in [-0.4, -0.2) is 11.4 Å². The Kier molecular flexibility index (Phi) is 2.73. The van der Waals surface area contributed by atoms with Crippen LogP contribution in [0.15, 0.2) is 42.5 Å². The quantitative estimate of drug-likeness (QED) is 0.776. The number of hydrogen-bond donors (Lipinski definition) is 1. The molecule has 80 valence electrons. The first-order chi connectivity index (χ1) is 7.74. The first-order valence-electron chi connectivity index (χ1n) is 5.07. The molecule has 1 N–H and O–H groups in total. The number of aldehydes is 1. The lowest BCUT2D eigenvalue weighted by Gasteiger charge is -2.08. The average molecular weight is 212 g/mol. The first kappa shape index (κ1) is 10.4. The molecule has 0 unspecified atom stereocenters. The van der Waals surface area contributed by atoms with Crippen LogP contribution in [0.5, 0.6) is 5.75 Å². The van der Waals surface area contributed by atoms with Crippen LogP contribution in [0.1, 0.15) is 15.9 Å². The van der Waals surface area contributed by atoms with E-state index in [-0.39, 0.29) is 5.75 Å². The van der Waals surface area contributed by atoms with Crippen LogP contribution in [0.3, 0.4) is 0 Å². The van der Waals surface area contributed by atoms with E-state index in [9.17, 15) is 9.90 Å². The Bertz CT molecular complexity index is 516. The molecule has 0 aromatic heterocycles. The molecule has 0 aliphatic heterocycles. The lowest BCUT2D eigenvalue weighted by Crippen LogP contribution is -1.90. The first-order valence-corrected chi connectivity index (χ1v) is 5.07. The minimum atomic E-state index is 0.0567. The van der Waals surface area contributed by atoms with E-state index in [4.69, 9.17) is 0 Å². The Balaban J connectivity index is 2.64. The van der Waals surface area contributed by atoms with Crippen molar-refractivity contribution >= 4 is 6.29 Å². The van der Waals surface area contributed by atoms with Gasteiger partial charge in [0.25, 0.3) is 0 Å². The summed E-state index contributed by atoms with van der Waals surface area (Å²) in [7, 11) is 0. The monoisotopic (exact) mass is 212 g/mol. The normalized spacial score (nSPS) is 10.1. The van der Waals surface area contributed by atoms with E-state index in [1.54, 1.807) is 6.92 Å². The van der Waals surface area contributed by atoms with Crippen molar-refractivity contribution in [3.63, 3.8) is 0 Å². The van der Waals surface area contributed by atoms with Gasteiger partial charge in [0.2, 0.25) is 0 Å². The number of carbonyl (C=O) groups is 1. The van der Waals surface area contributed by atoms with Gasteiger partial charge in [0.1, 0.15) is 5.75 Å². The minimum Gasteiger partial charge on any atom is -0.507 e. The second-order valence-corrected chi connectivity index (χ2v) is 3.68. The van der Waals surface area contributed by atoms with Crippen LogP contribution in [0.25, 0.3) is 11.1 Å². The van der Waals surface area contributed by atoms with Crippen molar-refractivity contribution in [2.75, 3.05) is 0 Å². The summed E-state index contributed by atoms with van der Waals surface area (Å²) in [6.07, 6.45) is 0.692. The maximum atomic E-state index is 10.9. The average Bonchev–Trinajstić information content (AvgIpc) is 2.31. The molecule has 0 heterocycles. The van der Waals surface area contributed by atoms with Crippen LogP contribution >= 0.6 is 0 Å². The predicted molar refractivity (Wildman–Crippen MR) is 63.7 cm³/mol. The molecule has 2 aromatic carbocycles. The zero-order valence-corrected chi connectivity index (χ0v) is 8.97. The maximum absolute atomic E-state index is 10.9. The Hall–Kier alpha value is -2.09. The molecule has 2 rings (SSSR count). The van der Waals surface area contributed by atoms with E-state index in [0.717, 1.165) is 11.1 Å². The number of aryl methyl sites for hydroxylation is 1. The second kappa shape index (κ2) is 4.19. The molecule has 0 saturated carbocycles. The van der Waals surface area contributed by atoms with E-state index in [2.05, 4.69) is 0 Å². The van der Waals surface area contributed by atoms with E-state index in [1.807, 2.05) is 42.5 Å². The number of phenolic OH excluding ortho intramolecular Hbond substituents is 1. The molecule has 0 atom stereocenters. The fourth-order valence-corrected chi connectivity index (χ4v) is 1.71. The molecule has 0 aliphatic carbocycles. The van der Waals surface area contributed by atoms with Gasteiger partial charge < -0.3 is 5.11 Å². The molecular formula is C14H12O2. The standard InChI is InChI=1S/C14H12O2/c1-10-7-8-12(14(16)13(10)9-15)11-5-3-2-4-6-11/h2-9,16H,1H3. The van der Waals surface area contributed by atoms with E-state index < -0.39 is 0 Å². The van der Waals surface area contributed by atoms with Gasteiger partial charge in [-0.05, 0) is 18.1 Å². The summed E-state index contributed by atoms with van der Waals surface area (Å²) in [5.41, 5.74) is 2.74. The minimum absolute atomic E-state index is 0.0567. The third-order valence-electron chi connectivity index (χ3n) is 2.64. The fourth-order valence-electron chi connectivity index (χ4n) is 1.71. The highest BCUT2D eigenvalue weighted by Crippen LogP contribution is 2.32. The lowest BCUT2D eigenvalue weighted by molar-refractivity contribution is 0.112. The van der Waals surface area contributed by atoms with Crippen LogP contribution in [-0.2, 0) is 0 Å². The van der Waals surface area contributed by atoms with Crippen molar-refractivity contribution in [3.05, 3.63) is 53.6 Å². The van der Waals surface area contributed by atoms with E-state index in [1.165, 1.54) is 0 Å². The third-order valence-corrected chi connectivity index (χ3v) is 2.64. The molecule has 2 nitrogen and oxygen atoms in total. The van der Waals surface area contributed by atoms with Crippen molar-refractivity contribution in [2.45, 2.75) is 6.92 Å². The highest BCUT2D eigenvalue weighted by molar-refractivity contribution is 5.87. The van der Waals surface area contributed by atoms with Gasteiger partial charge in [0.05, 0.1) is 5.56 Å². The van der Waals surface area contributed by atoms with Gasteiger partial charge in [0.15, 0.2) is 6.29 Å². The SMILES string of the molecule is Cc1ccc(-c2ccccc2)c(O)c1C=O. The number of rotatable bonds is 2. The van der Waals surface area contributed by atoms with Crippen molar-refractivity contribution in [1.29, 1.82) is 0 Å².